The number of ether oxygens (including phenoxy) is 1. The molecule has 1 atom stereocenters. The van der Waals surface area contributed by atoms with E-state index < -0.39 is 23.5 Å². The van der Waals surface area contributed by atoms with Gasteiger partial charge in [-0.1, -0.05) is 30.3 Å². The number of imidazole rings is 1. The number of fused-ring (bicyclic) bond motifs is 1. The largest absolute Gasteiger partial charge is 0.507 e. The van der Waals surface area contributed by atoms with Crippen LogP contribution in [0.4, 0.5) is 10.3 Å². The van der Waals surface area contributed by atoms with Crippen LogP contribution in [0.15, 0.2) is 72.3 Å². The van der Waals surface area contributed by atoms with Gasteiger partial charge in [0.15, 0.2) is 0 Å². The van der Waals surface area contributed by atoms with Gasteiger partial charge in [0.1, 0.15) is 17.3 Å². The van der Waals surface area contributed by atoms with E-state index in [2.05, 4.69) is 9.97 Å². The minimum Gasteiger partial charge on any atom is -0.507 e. The molecule has 0 bridgehead atoms. The molecule has 2 N–H and O–H groups in total. The van der Waals surface area contributed by atoms with Crippen LogP contribution in [0.2, 0.25) is 0 Å². The molecule has 170 valence electrons. The number of aryl methyl sites for hydroxylation is 1. The van der Waals surface area contributed by atoms with Crippen LogP contribution in [0.3, 0.4) is 0 Å². The van der Waals surface area contributed by atoms with E-state index in [-0.39, 0.29) is 17.3 Å². The van der Waals surface area contributed by atoms with E-state index in [1.165, 1.54) is 23.1 Å². The molecule has 1 aliphatic rings. The summed E-state index contributed by atoms with van der Waals surface area (Å²) in [7, 11) is 1.54. The summed E-state index contributed by atoms with van der Waals surface area (Å²) in [6, 6.07) is 17.0. The molecule has 3 aromatic carbocycles. The maximum Gasteiger partial charge on any atom is 0.302 e. The molecule has 1 fully saturated rings. The Hall–Kier alpha value is -4.46. The number of hydrogen-bond donors (Lipinski definition) is 2. The van der Waals surface area contributed by atoms with E-state index in [0.717, 1.165) is 5.56 Å². The summed E-state index contributed by atoms with van der Waals surface area (Å²) in [5.74, 6) is -1.74. The monoisotopic (exact) mass is 457 g/mol. The number of rotatable bonds is 4. The quantitative estimate of drug-likeness (QED) is 0.264. The average molecular weight is 457 g/mol. The van der Waals surface area contributed by atoms with Gasteiger partial charge in [-0.3, -0.25) is 14.5 Å². The lowest BCUT2D eigenvalue weighted by molar-refractivity contribution is -0.132. The predicted octanol–water partition coefficient (Wildman–Crippen LogP) is 4.65. The van der Waals surface area contributed by atoms with Crippen LogP contribution >= 0.6 is 0 Å². The lowest BCUT2D eigenvalue weighted by Gasteiger charge is -2.23. The van der Waals surface area contributed by atoms with Crippen LogP contribution in [-0.4, -0.2) is 33.9 Å². The molecule has 2 heterocycles. The fourth-order valence-electron chi connectivity index (χ4n) is 4.27. The van der Waals surface area contributed by atoms with Crippen LogP contribution in [0.1, 0.15) is 22.7 Å². The van der Waals surface area contributed by atoms with Gasteiger partial charge in [-0.2, -0.15) is 0 Å². The number of halogens is 1. The molecule has 5 rings (SSSR count). The van der Waals surface area contributed by atoms with Crippen molar-refractivity contribution in [2.75, 3.05) is 12.0 Å². The fraction of sp³-hybridized carbons (Fsp3) is 0.115. The molecule has 0 aliphatic carbocycles. The second-order valence-electron chi connectivity index (χ2n) is 7.99. The summed E-state index contributed by atoms with van der Waals surface area (Å²) >= 11 is 0. The topological polar surface area (TPSA) is 95.5 Å². The summed E-state index contributed by atoms with van der Waals surface area (Å²) in [5.41, 5.74) is 2.51. The summed E-state index contributed by atoms with van der Waals surface area (Å²) in [5, 5.41) is 11.2. The van der Waals surface area contributed by atoms with Crippen LogP contribution in [-0.2, 0) is 9.59 Å². The van der Waals surface area contributed by atoms with Crippen molar-refractivity contribution in [1.29, 1.82) is 0 Å². The standard InChI is InChI=1S/C26H20FN3O4/c1-14-12-16(8-11-20(14)34-2)23(31)21-22(15-6-4-3-5-7-15)30(25(33)24(21)32)26-28-18-10-9-17(27)13-19(18)29-26/h3-13,22,31H,1-2H3,(H,28,29)/b23-21+. The number of aliphatic hydroxyl groups excluding tert-OH is 1. The van der Waals surface area contributed by atoms with Crippen LogP contribution < -0.4 is 9.64 Å². The van der Waals surface area contributed by atoms with E-state index in [4.69, 9.17) is 4.74 Å². The maximum atomic E-state index is 13.7. The number of nitrogens with zero attached hydrogens (tertiary/aromatic N) is 2. The molecule has 0 spiro atoms. The molecular weight excluding hydrogens is 437 g/mol. The number of H-pyrrole nitrogens is 1. The molecule has 1 saturated heterocycles. The van der Waals surface area contributed by atoms with Crippen molar-refractivity contribution >= 4 is 34.4 Å². The summed E-state index contributed by atoms with van der Waals surface area (Å²) in [6.07, 6.45) is 0. The Morgan fingerprint density at radius 1 is 1.09 bits per heavy atom. The highest BCUT2D eigenvalue weighted by molar-refractivity contribution is 6.51. The van der Waals surface area contributed by atoms with Crippen LogP contribution in [0.25, 0.3) is 16.8 Å². The third-order valence-electron chi connectivity index (χ3n) is 5.89. The number of aromatic amines is 1. The number of hydrogen-bond acceptors (Lipinski definition) is 5. The Balaban J connectivity index is 1.71. The van der Waals surface area contributed by atoms with E-state index in [0.29, 0.717) is 27.9 Å². The SMILES string of the molecule is COc1ccc(/C(O)=C2\C(=O)C(=O)N(c3nc4ccc(F)cc4[nH]3)C2c2ccccc2)cc1C. The van der Waals surface area contributed by atoms with Gasteiger partial charge in [0.25, 0.3) is 5.78 Å². The zero-order valence-corrected chi connectivity index (χ0v) is 18.4. The fourth-order valence-corrected chi connectivity index (χ4v) is 4.27. The number of anilines is 1. The molecule has 0 radical (unpaired) electrons. The molecule has 1 aliphatic heterocycles. The first-order valence-electron chi connectivity index (χ1n) is 10.5. The molecule has 7 nitrogen and oxygen atoms in total. The molecular formula is C26H20FN3O4. The van der Waals surface area contributed by atoms with E-state index >= 15 is 0 Å². The summed E-state index contributed by atoms with van der Waals surface area (Å²) < 4.78 is 19.0. The van der Waals surface area contributed by atoms with Gasteiger partial charge in [-0.15, -0.1) is 0 Å². The van der Waals surface area contributed by atoms with Gasteiger partial charge in [0.2, 0.25) is 5.95 Å². The first kappa shape index (κ1) is 21.4. The number of aromatic nitrogens is 2. The number of amides is 1. The minimum atomic E-state index is -0.936. The van der Waals surface area contributed by atoms with Crippen molar-refractivity contribution in [2.24, 2.45) is 0 Å². The van der Waals surface area contributed by atoms with Crippen molar-refractivity contribution in [3.8, 4) is 5.75 Å². The number of ketones is 1. The van der Waals surface area contributed by atoms with Crippen molar-refractivity contribution < 1.29 is 23.8 Å². The highest BCUT2D eigenvalue weighted by Crippen LogP contribution is 2.42. The average Bonchev–Trinajstić information content (AvgIpc) is 3.37. The Morgan fingerprint density at radius 3 is 2.56 bits per heavy atom. The van der Waals surface area contributed by atoms with Gasteiger partial charge in [-0.05, 0) is 54.4 Å². The van der Waals surface area contributed by atoms with Gasteiger partial charge >= 0.3 is 5.91 Å². The van der Waals surface area contributed by atoms with Crippen molar-refractivity contribution in [1.82, 2.24) is 9.97 Å². The molecule has 0 saturated carbocycles. The van der Waals surface area contributed by atoms with E-state index in [9.17, 15) is 19.1 Å². The number of carbonyl (C=O) groups excluding carboxylic acids is 2. The van der Waals surface area contributed by atoms with Crippen molar-refractivity contribution in [2.45, 2.75) is 13.0 Å². The van der Waals surface area contributed by atoms with E-state index in [1.807, 2.05) is 13.0 Å². The number of benzene rings is 3. The second-order valence-corrected chi connectivity index (χ2v) is 7.99. The Labute approximate surface area is 194 Å². The predicted molar refractivity (Wildman–Crippen MR) is 125 cm³/mol. The lowest BCUT2D eigenvalue weighted by atomic mass is 9.95. The number of Topliss-reactive ketones (excluding diaryl/α,β-unsaturated/α-hetero) is 1. The lowest BCUT2D eigenvalue weighted by Crippen LogP contribution is -2.30. The van der Waals surface area contributed by atoms with Crippen molar-refractivity contribution in [3.05, 3.63) is 94.8 Å². The third kappa shape index (κ3) is 3.40. The molecule has 34 heavy (non-hydrogen) atoms. The number of nitrogens with one attached hydrogen (secondary N) is 1. The second kappa shape index (κ2) is 8.15. The molecule has 1 unspecified atom stereocenters. The molecule has 4 aromatic rings. The number of aliphatic hydroxyl groups is 1. The smallest absolute Gasteiger partial charge is 0.302 e. The van der Waals surface area contributed by atoms with Gasteiger partial charge in [-0.25, -0.2) is 9.37 Å². The van der Waals surface area contributed by atoms with Gasteiger partial charge < -0.3 is 14.8 Å². The minimum absolute atomic E-state index is 0.0626. The highest BCUT2D eigenvalue weighted by atomic mass is 19.1. The number of methoxy groups -OCH3 is 1. The molecule has 8 heteroatoms. The highest BCUT2D eigenvalue weighted by Gasteiger charge is 2.48. The zero-order valence-electron chi connectivity index (χ0n) is 18.4. The Bertz CT molecular complexity index is 1480. The van der Waals surface area contributed by atoms with Crippen LogP contribution in [0, 0.1) is 12.7 Å². The van der Waals surface area contributed by atoms with Crippen LogP contribution in [0.5, 0.6) is 5.75 Å². The van der Waals surface area contributed by atoms with Gasteiger partial charge in [0, 0.05) is 5.56 Å². The molecule has 1 amide bonds. The molecule has 1 aromatic heterocycles. The maximum absolute atomic E-state index is 13.7. The third-order valence-corrected chi connectivity index (χ3v) is 5.89. The normalized spacial score (nSPS) is 17.5. The summed E-state index contributed by atoms with van der Waals surface area (Å²) in [6.45, 7) is 1.82. The van der Waals surface area contributed by atoms with Crippen molar-refractivity contribution in [3.63, 3.8) is 0 Å². The van der Waals surface area contributed by atoms with E-state index in [1.54, 1.807) is 49.6 Å². The van der Waals surface area contributed by atoms with Gasteiger partial charge in [0.05, 0.1) is 29.8 Å². The summed E-state index contributed by atoms with van der Waals surface area (Å²) in [4.78, 5) is 35.0. The zero-order chi connectivity index (χ0) is 24.0. The first-order chi connectivity index (χ1) is 16.4. The Morgan fingerprint density at radius 2 is 1.85 bits per heavy atom. The number of carbonyl (C=O) groups is 2. The Kier molecular flexibility index (Phi) is 5.13. The first-order valence-corrected chi connectivity index (χ1v) is 10.5.